The average molecular weight is 266 g/mol. The Morgan fingerprint density at radius 2 is 2.37 bits per heavy atom. The first-order valence-corrected chi connectivity index (χ1v) is 6.32. The number of non-ortho nitro benzene ring substituents is 1. The molecule has 6 nitrogen and oxygen atoms in total. The van der Waals surface area contributed by atoms with E-state index in [0.29, 0.717) is 25.2 Å². The summed E-state index contributed by atoms with van der Waals surface area (Å²) in [6.07, 6.45) is -0.253. The molecule has 0 amide bonds. The van der Waals surface area contributed by atoms with Gasteiger partial charge in [0.05, 0.1) is 24.2 Å². The van der Waals surface area contributed by atoms with Gasteiger partial charge in [-0.05, 0) is 18.9 Å². The summed E-state index contributed by atoms with van der Waals surface area (Å²) in [5.74, 6) is 0. The van der Waals surface area contributed by atoms with Crippen LogP contribution in [0.4, 0.5) is 5.69 Å². The third-order valence-corrected chi connectivity index (χ3v) is 3.18. The van der Waals surface area contributed by atoms with Crippen molar-refractivity contribution in [2.45, 2.75) is 31.5 Å². The Bertz CT molecular complexity index is 452. The second-order valence-corrected chi connectivity index (χ2v) is 4.91. The van der Waals surface area contributed by atoms with Gasteiger partial charge in [-0.1, -0.05) is 12.1 Å². The highest BCUT2D eigenvalue weighted by molar-refractivity contribution is 5.35. The first kappa shape index (κ1) is 13.9. The predicted octanol–water partition coefficient (Wildman–Crippen LogP) is 1.40. The van der Waals surface area contributed by atoms with Crippen molar-refractivity contribution in [2.75, 3.05) is 13.2 Å². The summed E-state index contributed by atoms with van der Waals surface area (Å²) < 4.78 is 5.41. The normalized spacial score (nSPS) is 24.9. The minimum atomic E-state index is -0.730. The van der Waals surface area contributed by atoms with Gasteiger partial charge in [-0.3, -0.25) is 10.1 Å². The molecule has 19 heavy (non-hydrogen) atoms. The Kier molecular flexibility index (Phi) is 4.47. The second-order valence-electron chi connectivity index (χ2n) is 4.91. The van der Waals surface area contributed by atoms with Gasteiger partial charge in [-0.25, -0.2) is 0 Å². The van der Waals surface area contributed by atoms with E-state index < -0.39 is 11.0 Å². The molecule has 1 aromatic carbocycles. The van der Waals surface area contributed by atoms with Gasteiger partial charge in [-0.2, -0.15) is 0 Å². The molecule has 104 valence electrons. The van der Waals surface area contributed by atoms with Crippen molar-refractivity contribution >= 4 is 5.69 Å². The monoisotopic (exact) mass is 266 g/mol. The SMILES string of the molecule is CC1COCC(CC(O)c2cccc([N+](=O)[O-])c2)N1. The van der Waals surface area contributed by atoms with E-state index in [0.717, 1.165) is 0 Å². The summed E-state index contributed by atoms with van der Waals surface area (Å²) >= 11 is 0. The zero-order valence-electron chi connectivity index (χ0n) is 10.8. The lowest BCUT2D eigenvalue weighted by Crippen LogP contribution is -2.47. The van der Waals surface area contributed by atoms with Crippen molar-refractivity contribution in [3.8, 4) is 0 Å². The number of rotatable bonds is 4. The van der Waals surface area contributed by atoms with E-state index in [4.69, 9.17) is 4.74 Å². The van der Waals surface area contributed by atoms with Crippen LogP contribution in [0.5, 0.6) is 0 Å². The molecule has 1 saturated heterocycles. The smallest absolute Gasteiger partial charge is 0.269 e. The zero-order valence-corrected chi connectivity index (χ0v) is 10.8. The summed E-state index contributed by atoms with van der Waals surface area (Å²) in [5, 5.41) is 24.2. The van der Waals surface area contributed by atoms with Crippen LogP contribution in [-0.2, 0) is 4.74 Å². The Balaban J connectivity index is 2.01. The molecule has 0 saturated carbocycles. The van der Waals surface area contributed by atoms with Crippen LogP contribution < -0.4 is 5.32 Å². The molecule has 1 fully saturated rings. The quantitative estimate of drug-likeness (QED) is 0.635. The number of nitro groups is 1. The van der Waals surface area contributed by atoms with Gasteiger partial charge >= 0.3 is 0 Å². The Labute approximate surface area is 111 Å². The van der Waals surface area contributed by atoms with Gasteiger partial charge in [0, 0.05) is 24.2 Å². The van der Waals surface area contributed by atoms with E-state index in [1.54, 1.807) is 12.1 Å². The third-order valence-electron chi connectivity index (χ3n) is 3.18. The summed E-state index contributed by atoms with van der Waals surface area (Å²) in [4.78, 5) is 10.2. The van der Waals surface area contributed by atoms with E-state index in [2.05, 4.69) is 5.32 Å². The molecule has 1 aliphatic heterocycles. The van der Waals surface area contributed by atoms with Crippen molar-refractivity contribution in [3.05, 3.63) is 39.9 Å². The van der Waals surface area contributed by atoms with Crippen molar-refractivity contribution in [2.24, 2.45) is 0 Å². The summed E-state index contributed by atoms with van der Waals surface area (Å²) in [5.41, 5.74) is 0.562. The first-order chi connectivity index (χ1) is 9.06. The fourth-order valence-electron chi connectivity index (χ4n) is 2.27. The maximum atomic E-state index is 10.7. The van der Waals surface area contributed by atoms with Crippen LogP contribution in [0.15, 0.2) is 24.3 Å². The number of hydrogen-bond acceptors (Lipinski definition) is 5. The maximum Gasteiger partial charge on any atom is 0.269 e. The van der Waals surface area contributed by atoms with Gasteiger partial charge in [0.15, 0.2) is 0 Å². The van der Waals surface area contributed by atoms with E-state index in [1.807, 2.05) is 6.92 Å². The first-order valence-electron chi connectivity index (χ1n) is 6.32. The lowest BCUT2D eigenvalue weighted by Gasteiger charge is -2.30. The number of nitro benzene ring substituents is 1. The summed E-state index contributed by atoms with van der Waals surface area (Å²) in [6.45, 7) is 3.24. The molecule has 2 N–H and O–H groups in total. The molecule has 2 rings (SSSR count). The van der Waals surface area contributed by atoms with E-state index in [-0.39, 0.29) is 17.8 Å². The molecule has 1 aliphatic rings. The van der Waals surface area contributed by atoms with Crippen LogP contribution in [0.3, 0.4) is 0 Å². The molecule has 3 unspecified atom stereocenters. The van der Waals surface area contributed by atoms with Gasteiger partial charge in [0.2, 0.25) is 0 Å². The number of benzene rings is 1. The number of nitrogens with one attached hydrogen (secondary N) is 1. The molecule has 0 radical (unpaired) electrons. The van der Waals surface area contributed by atoms with Crippen LogP contribution >= 0.6 is 0 Å². The Morgan fingerprint density at radius 3 is 3.05 bits per heavy atom. The topological polar surface area (TPSA) is 84.6 Å². The fraction of sp³-hybridized carbons (Fsp3) is 0.538. The van der Waals surface area contributed by atoms with Crippen LogP contribution in [0.1, 0.15) is 25.0 Å². The van der Waals surface area contributed by atoms with E-state index in [9.17, 15) is 15.2 Å². The number of morpholine rings is 1. The van der Waals surface area contributed by atoms with E-state index in [1.165, 1.54) is 12.1 Å². The molecule has 0 aromatic heterocycles. The number of hydrogen-bond donors (Lipinski definition) is 2. The molecular weight excluding hydrogens is 248 g/mol. The highest BCUT2D eigenvalue weighted by Crippen LogP contribution is 2.23. The average Bonchev–Trinajstić information content (AvgIpc) is 2.39. The minimum Gasteiger partial charge on any atom is -0.388 e. The number of aliphatic hydroxyl groups is 1. The molecule has 0 aliphatic carbocycles. The largest absolute Gasteiger partial charge is 0.388 e. The zero-order chi connectivity index (χ0) is 13.8. The van der Waals surface area contributed by atoms with Gasteiger partial charge < -0.3 is 15.2 Å². The minimum absolute atomic E-state index is 0.00206. The maximum absolute atomic E-state index is 10.7. The second kappa shape index (κ2) is 6.10. The molecule has 1 aromatic rings. The standard InChI is InChI=1S/C13H18N2O4/c1-9-7-19-8-11(14-9)6-13(16)10-3-2-4-12(5-10)15(17)18/h2-5,9,11,13-14,16H,6-8H2,1H3. The summed E-state index contributed by atoms with van der Waals surface area (Å²) in [6, 6.07) is 6.45. The van der Waals surface area contributed by atoms with Crippen molar-refractivity contribution in [3.63, 3.8) is 0 Å². The molecule has 0 bridgehead atoms. The van der Waals surface area contributed by atoms with Crippen molar-refractivity contribution in [1.29, 1.82) is 0 Å². The fourth-order valence-corrected chi connectivity index (χ4v) is 2.27. The molecule has 3 atom stereocenters. The summed E-state index contributed by atoms with van der Waals surface area (Å²) in [7, 11) is 0. The van der Waals surface area contributed by atoms with Gasteiger partial charge in [0.1, 0.15) is 0 Å². The molecule has 6 heteroatoms. The van der Waals surface area contributed by atoms with Gasteiger partial charge in [-0.15, -0.1) is 0 Å². The Morgan fingerprint density at radius 1 is 1.58 bits per heavy atom. The lowest BCUT2D eigenvalue weighted by molar-refractivity contribution is -0.385. The third kappa shape index (κ3) is 3.73. The predicted molar refractivity (Wildman–Crippen MR) is 69.9 cm³/mol. The number of nitrogens with zero attached hydrogens (tertiary/aromatic N) is 1. The highest BCUT2D eigenvalue weighted by atomic mass is 16.6. The van der Waals surface area contributed by atoms with Crippen molar-refractivity contribution < 1.29 is 14.8 Å². The van der Waals surface area contributed by atoms with Crippen LogP contribution in [0, 0.1) is 10.1 Å². The molecule has 0 spiro atoms. The molecule has 1 heterocycles. The van der Waals surface area contributed by atoms with Crippen LogP contribution in [-0.4, -0.2) is 35.3 Å². The lowest BCUT2D eigenvalue weighted by atomic mass is 10.0. The Hall–Kier alpha value is -1.50. The van der Waals surface area contributed by atoms with Crippen LogP contribution in [0.25, 0.3) is 0 Å². The highest BCUT2D eigenvalue weighted by Gasteiger charge is 2.22. The van der Waals surface area contributed by atoms with Crippen molar-refractivity contribution in [1.82, 2.24) is 5.32 Å². The van der Waals surface area contributed by atoms with Crippen LogP contribution in [0.2, 0.25) is 0 Å². The number of aliphatic hydroxyl groups excluding tert-OH is 1. The number of ether oxygens (including phenoxy) is 1. The van der Waals surface area contributed by atoms with Gasteiger partial charge in [0.25, 0.3) is 5.69 Å². The molecular formula is C13H18N2O4. The van der Waals surface area contributed by atoms with E-state index >= 15 is 0 Å².